The van der Waals surface area contributed by atoms with E-state index in [1.54, 1.807) is 38.2 Å². The summed E-state index contributed by atoms with van der Waals surface area (Å²) >= 11 is 0. The van der Waals surface area contributed by atoms with Crippen LogP contribution in [0.4, 0.5) is 10.5 Å². The van der Waals surface area contributed by atoms with Gasteiger partial charge in [0.2, 0.25) is 12.7 Å². The van der Waals surface area contributed by atoms with Crippen molar-refractivity contribution in [3.8, 4) is 11.5 Å². The molecule has 2 aromatic rings. The summed E-state index contributed by atoms with van der Waals surface area (Å²) in [6.45, 7) is 1.49. The van der Waals surface area contributed by atoms with E-state index in [1.165, 1.54) is 4.90 Å². The summed E-state index contributed by atoms with van der Waals surface area (Å²) in [7, 11) is 1.61. The van der Waals surface area contributed by atoms with Gasteiger partial charge in [0.25, 0.3) is 5.91 Å². The Bertz CT molecular complexity index is 978. The molecule has 2 aliphatic heterocycles. The Labute approximate surface area is 168 Å². The summed E-state index contributed by atoms with van der Waals surface area (Å²) in [5.74, 6) is 0.471. The van der Waals surface area contributed by atoms with Crippen molar-refractivity contribution < 1.29 is 23.9 Å². The highest BCUT2D eigenvalue weighted by atomic mass is 16.7. The van der Waals surface area contributed by atoms with Crippen LogP contribution >= 0.6 is 0 Å². The van der Waals surface area contributed by atoms with Crippen molar-refractivity contribution in [1.29, 1.82) is 0 Å². The van der Waals surface area contributed by atoms with Gasteiger partial charge in [-0.15, -0.1) is 0 Å². The molecule has 150 valence electrons. The Morgan fingerprint density at radius 3 is 2.62 bits per heavy atom. The van der Waals surface area contributed by atoms with Crippen molar-refractivity contribution in [3.63, 3.8) is 0 Å². The smallest absolute Gasteiger partial charge is 0.325 e. The van der Waals surface area contributed by atoms with E-state index < -0.39 is 17.5 Å². The van der Waals surface area contributed by atoms with Gasteiger partial charge in [-0.1, -0.05) is 24.3 Å². The van der Waals surface area contributed by atoms with E-state index in [0.717, 1.165) is 10.5 Å². The summed E-state index contributed by atoms with van der Waals surface area (Å²) in [6, 6.07) is 13.9. The minimum absolute atomic E-state index is 0.163. The number of urea groups is 1. The number of para-hydroxylation sites is 1. The maximum Gasteiger partial charge on any atom is 0.325 e. The monoisotopic (exact) mass is 395 g/mol. The summed E-state index contributed by atoms with van der Waals surface area (Å²) in [4.78, 5) is 40.4. The van der Waals surface area contributed by atoms with E-state index in [1.807, 2.05) is 24.3 Å². The van der Waals surface area contributed by atoms with Crippen molar-refractivity contribution in [3.05, 3.63) is 54.1 Å². The van der Waals surface area contributed by atoms with E-state index in [-0.39, 0.29) is 25.7 Å². The van der Waals surface area contributed by atoms with Crippen molar-refractivity contribution in [1.82, 2.24) is 10.2 Å². The molecular weight excluding hydrogens is 374 g/mol. The topological polar surface area (TPSA) is 88.2 Å². The lowest BCUT2D eigenvalue weighted by Crippen LogP contribution is -2.47. The highest BCUT2D eigenvalue weighted by Crippen LogP contribution is 2.34. The standard InChI is InChI=1S/C21H21N3O5/c1-21(11-14-8-9-16-17(10-14)29-13-28-16)19(26)24(20(27)22-21)12-18(25)23(2)15-6-4-3-5-7-15/h3-10H,11-13H2,1-2H3,(H,22,27)/t21-/m0/s1. The Hall–Kier alpha value is -3.55. The number of nitrogens with one attached hydrogen (secondary N) is 1. The van der Waals surface area contributed by atoms with Gasteiger partial charge in [-0.3, -0.25) is 14.5 Å². The number of rotatable bonds is 5. The highest BCUT2D eigenvalue weighted by Gasteiger charge is 2.48. The molecule has 2 heterocycles. The minimum atomic E-state index is -1.14. The van der Waals surface area contributed by atoms with Crippen molar-refractivity contribution in [2.45, 2.75) is 18.9 Å². The molecule has 4 rings (SSSR count). The summed E-state index contributed by atoms with van der Waals surface area (Å²) in [5, 5.41) is 2.73. The lowest BCUT2D eigenvalue weighted by molar-refractivity contribution is -0.133. The second kappa shape index (κ2) is 7.12. The maximum atomic E-state index is 13.0. The number of anilines is 1. The second-order valence-electron chi connectivity index (χ2n) is 7.31. The van der Waals surface area contributed by atoms with Crippen LogP contribution < -0.4 is 19.7 Å². The van der Waals surface area contributed by atoms with Gasteiger partial charge in [0.1, 0.15) is 12.1 Å². The fourth-order valence-corrected chi connectivity index (χ4v) is 3.51. The van der Waals surface area contributed by atoms with E-state index >= 15 is 0 Å². The first-order valence-corrected chi connectivity index (χ1v) is 9.22. The molecule has 1 atom stereocenters. The number of fused-ring (bicyclic) bond motifs is 1. The Kier molecular flexibility index (Phi) is 4.62. The lowest BCUT2D eigenvalue weighted by Gasteiger charge is -2.23. The predicted octanol–water partition coefficient (Wildman–Crippen LogP) is 1.93. The number of likely N-dealkylation sites (N-methyl/N-ethyl adjacent to an activating group) is 1. The minimum Gasteiger partial charge on any atom is -0.454 e. The third kappa shape index (κ3) is 3.49. The van der Waals surface area contributed by atoms with Crippen LogP contribution in [0.1, 0.15) is 12.5 Å². The molecule has 0 aliphatic carbocycles. The van der Waals surface area contributed by atoms with E-state index in [9.17, 15) is 14.4 Å². The van der Waals surface area contributed by atoms with E-state index in [0.29, 0.717) is 17.2 Å². The molecular formula is C21H21N3O5. The molecule has 2 aromatic carbocycles. The number of hydrogen-bond acceptors (Lipinski definition) is 5. The number of nitrogens with zero attached hydrogens (tertiary/aromatic N) is 2. The van der Waals surface area contributed by atoms with Crippen LogP contribution in [-0.2, 0) is 16.0 Å². The van der Waals surface area contributed by atoms with Crippen LogP contribution in [0.5, 0.6) is 11.5 Å². The Morgan fingerprint density at radius 2 is 1.86 bits per heavy atom. The van der Waals surface area contributed by atoms with Gasteiger partial charge < -0.3 is 19.7 Å². The number of hydrogen-bond donors (Lipinski definition) is 1. The van der Waals surface area contributed by atoms with Gasteiger partial charge in [-0.05, 0) is 36.8 Å². The van der Waals surface area contributed by atoms with Gasteiger partial charge in [0, 0.05) is 19.2 Å². The number of carbonyl (C=O) groups excluding carboxylic acids is 3. The summed E-state index contributed by atoms with van der Waals surface area (Å²) in [6.07, 6.45) is 0.271. The van der Waals surface area contributed by atoms with Crippen LogP contribution in [-0.4, -0.2) is 48.7 Å². The molecule has 0 spiro atoms. The van der Waals surface area contributed by atoms with Crippen molar-refractivity contribution in [2.24, 2.45) is 0 Å². The molecule has 8 nitrogen and oxygen atoms in total. The normalized spacial score (nSPS) is 20.0. The fraction of sp³-hybridized carbons (Fsp3) is 0.286. The van der Waals surface area contributed by atoms with Crippen molar-refractivity contribution in [2.75, 3.05) is 25.3 Å². The second-order valence-corrected chi connectivity index (χ2v) is 7.31. The average molecular weight is 395 g/mol. The molecule has 4 amide bonds. The average Bonchev–Trinajstić information content (AvgIpc) is 3.26. The summed E-state index contributed by atoms with van der Waals surface area (Å²) < 4.78 is 10.7. The predicted molar refractivity (Wildman–Crippen MR) is 105 cm³/mol. The first-order chi connectivity index (χ1) is 13.9. The molecule has 0 unspecified atom stereocenters. The largest absolute Gasteiger partial charge is 0.454 e. The van der Waals surface area contributed by atoms with Gasteiger partial charge >= 0.3 is 6.03 Å². The number of carbonyl (C=O) groups is 3. The first-order valence-electron chi connectivity index (χ1n) is 9.22. The van der Waals surface area contributed by atoms with Crippen LogP contribution in [0.3, 0.4) is 0 Å². The van der Waals surface area contributed by atoms with Gasteiger partial charge in [-0.25, -0.2) is 4.79 Å². The van der Waals surface area contributed by atoms with E-state index in [2.05, 4.69) is 5.32 Å². The van der Waals surface area contributed by atoms with Crippen LogP contribution in [0, 0.1) is 0 Å². The molecule has 0 aromatic heterocycles. The number of imide groups is 1. The third-order valence-electron chi connectivity index (χ3n) is 5.15. The molecule has 29 heavy (non-hydrogen) atoms. The number of benzene rings is 2. The molecule has 1 saturated heterocycles. The van der Waals surface area contributed by atoms with Gasteiger partial charge in [-0.2, -0.15) is 0 Å². The molecule has 1 fully saturated rings. The highest BCUT2D eigenvalue weighted by molar-refractivity contribution is 6.10. The zero-order chi connectivity index (χ0) is 20.6. The zero-order valence-electron chi connectivity index (χ0n) is 16.2. The maximum absolute atomic E-state index is 13.0. The fourth-order valence-electron chi connectivity index (χ4n) is 3.51. The molecule has 0 saturated carbocycles. The van der Waals surface area contributed by atoms with Crippen LogP contribution in [0.25, 0.3) is 0 Å². The molecule has 2 aliphatic rings. The number of ether oxygens (including phenoxy) is 2. The lowest BCUT2D eigenvalue weighted by atomic mass is 9.92. The van der Waals surface area contributed by atoms with Crippen molar-refractivity contribution >= 4 is 23.5 Å². The SMILES string of the molecule is CN(C(=O)CN1C(=O)N[C@@](C)(Cc2ccc3c(c2)OCO3)C1=O)c1ccccc1. The Morgan fingerprint density at radius 1 is 1.14 bits per heavy atom. The van der Waals surface area contributed by atoms with Gasteiger partial charge in [0.05, 0.1) is 0 Å². The first kappa shape index (κ1) is 18.8. The van der Waals surface area contributed by atoms with Gasteiger partial charge in [0.15, 0.2) is 11.5 Å². The molecule has 0 bridgehead atoms. The molecule has 8 heteroatoms. The zero-order valence-corrected chi connectivity index (χ0v) is 16.2. The van der Waals surface area contributed by atoms with Crippen LogP contribution in [0.2, 0.25) is 0 Å². The van der Waals surface area contributed by atoms with E-state index in [4.69, 9.17) is 9.47 Å². The summed E-state index contributed by atoms with van der Waals surface area (Å²) in [5.41, 5.74) is 0.365. The Balaban J connectivity index is 1.47. The number of amides is 4. The quantitative estimate of drug-likeness (QED) is 0.782. The van der Waals surface area contributed by atoms with Crippen LogP contribution in [0.15, 0.2) is 48.5 Å². The molecule has 0 radical (unpaired) electrons. The third-order valence-corrected chi connectivity index (χ3v) is 5.15. The molecule has 1 N–H and O–H groups in total.